The molecular weight excluding hydrogens is 262 g/mol. The summed E-state index contributed by atoms with van der Waals surface area (Å²) in [6.45, 7) is 6.96. The van der Waals surface area contributed by atoms with Gasteiger partial charge in [0.25, 0.3) is 0 Å². The van der Waals surface area contributed by atoms with E-state index in [1.165, 1.54) is 5.39 Å². The molecule has 0 spiro atoms. The van der Waals surface area contributed by atoms with Gasteiger partial charge in [-0.3, -0.25) is 4.98 Å². The summed E-state index contributed by atoms with van der Waals surface area (Å²) in [6, 6.07) is 8.18. The molecule has 5 nitrogen and oxygen atoms in total. The lowest BCUT2D eigenvalue weighted by Crippen LogP contribution is -2.22. The van der Waals surface area contributed by atoms with Crippen molar-refractivity contribution >= 4 is 16.5 Å². The van der Waals surface area contributed by atoms with E-state index in [4.69, 9.17) is 0 Å². The summed E-state index contributed by atoms with van der Waals surface area (Å²) in [5.74, 6) is 0. The number of fused-ring (bicyclic) bond motifs is 1. The normalized spacial score (nSPS) is 11.8. The van der Waals surface area contributed by atoms with Crippen LogP contribution in [0.3, 0.4) is 0 Å². The summed E-state index contributed by atoms with van der Waals surface area (Å²) >= 11 is 0. The highest BCUT2D eigenvalue weighted by atomic mass is 15.4. The zero-order valence-electron chi connectivity index (χ0n) is 12.5. The van der Waals surface area contributed by atoms with Gasteiger partial charge in [-0.15, -0.1) is 5.10 Å². The molecule has 2 heterocycles. The monoisotopic (exact) mass is 281 g/mol. The second kappa shape index (κ2) is 5.16. The van der Waals surface area contributed by atoms with E-state index in [-0.39, 0.29) is 5.54 Å². The van der Waals surface area contributed by atoms with E-state index in [9.17, 15) is 0 Å². The zero-order valence-corrected chi connectivity index (χ0v) is 12.5. The van der Waals surface area contributed by atoms with E-state index in [2.05, 4.69) is 53.5 Å². The van der Waals surface area contributed by atoms with Crippen molar-refractivity contribution in [2.75, 3.05) is 5.32 Å². The molecule has 108 valence electrons. The van der Waals surface area contributed by atoms with Crippen molar-refractivity contribution in [3.05, 3.63) is 48.5 Å². The lowest BCUT2D eigenvalue weighted by Gasteiger charge is -2.17. The fourth-order valence-electron chi connectivity index (χ4n) is 2.16. The van der Waals surface area contributed by atoms with Crippen LogP contribution in [-0.2, 0) is 12.1 Å². The van der Waals surface area contributed by atoms with E-state index in [1.807, 2.05) is 29.2 Å². The number of pyridine rings is 1. The second-order valence-electron chi connectivity index (χ2n) is 6.08. The first-order chi connectivity index (χ1) is 10.0. The van der Waals surface area contributed by atoms with Crippen LogP contribution >= 0.6 is 0 Å². The maximum Gasteiger partial charge on any atom is 0.102 e. The van der Waals surface area contributed by atoms with Gasteiger partial charge in [-0.25, -0.2) is 4.68 Å². The van der Waals surface area contributed by atoms with Gasteiger partial charge in [-0.1, -0.05) is 17.3 Å². The Bertz CT molecular complexity index is 749. The Morgan fingerprint density at radius 1 is 1.19 bits per heavy atom. The van der Waals surface area contributed by atoms with Gasteiger partial charge in [0, 0.05) is 23.5 Å². The number of hydrogen-bond acceptors (Lipinski definition) is 4. The van der Waals surface area contributed by atoms with E-state index < -0.39 is 0 Å². The molecule has 0 saturated carbocycles. The predicted octanol–water partition coefficient (Wildman–Crippen LogP) is 3.19. The van der Waals surface area contributed by atoms with Gasteiger partial charge < -0.3 is 5.32 Å². The summed E-state index contributed by atoms with van der Waals surface area (Å²) in [5.41, 5.74) is 1.94. The van der Waals surface area contributed by atoms with Crippen molar-refractivity contribution in [1.82, 2.24) is 20.0 Å². The standard InChI is InChI=1S/C16H19N5/c1-16(2,3)21-11-13(19-20-21)9-18-15-6-4-5-12-7-8-17-10-14(12)15/h4-8,10-11,18H,9H2,1-3H3. The van der Waals surface area contributed by atoms with Crippen molar-refractivity contribution in [2.24, 2.45) is 0 Å². The third-order valence-corrected chi connectivity index (χ3v) is 3.37. The number of hydrogen-bond donors (Lipinski definition) is 1. The Labute approximate surface area is 124 Å². The molecular formula is C16H19N5. The molecule has 1 aromatic carbocycles. The van der Waals surface area contributed by atoms with Gasteiger partial charge >= 0.3 is 0 Å². The molecule has 5 heteroatoms. The van der Waals surface area contributed by atoms with Crippen LogP contribution in [0.2, 0.25) is 0 Å². The molecule has 0 radical (unpaired) electrons. The predicted molar refractivity (Wildman–Crippen MR) is 84.1 cm³/mol. The molecule has 3 rings (SSSR count). The van der Waals surface area contributed by atoms with Gasteiger partial charge in [-0.05, 0) is 38.3 Å². The Hall–Kier alpha value is -2.43. The van der Waals surface area contributed by atoms with E-state index >= 15 is 0 Å². The highest BCUT2D eigenvalue weighted by molar-refractivity contribution is 5.92. The van der Waals surface area contributed by atoms with Crippen molar-refractivity contribution in [2.45, 2.75) is 32.9 Å². The number of anilines is 1. The van der Waals surface area contributed by atoms with Crippen LogP contribution in [0.1, 0.15) is 26.5 Å². The van der Waals surface area contributed by atoms with Crippen LogP contribution in [0.25, 0.3) is 10.8 Å². The first-order valence-corrected chi connectivity index (χ1v) is 7.02. The summed E-state index contributed by atoms with van der Waals surface area (Å²) in [4.78, 5) is 4.19. The maximum absolute atomic E-state index is 4.21. The number of nitrogens with zero attached hydrogens (tertiary/aromatic N) is 4. The molecule has 21 heavy (non-hydrogen) atoms. The molecule has 2 aromatic heterocycles. The summed E-state index contributed by atoms with van der Waals surface area (Å²) < 4.78 is 1.88. The molecule has 0 aliphatic heterocycles. The topological polar surface area (TPSA) is 55.6 Å². The quantitative estimate of drug-likeness (QED) is 0.801. The second-order valence-corrected chi connectivity index (χ2v) is 6.08. The summed E-state index contributed by atoms with van der Waals surface area (Å²) in [7, 11) is 0. The SMILES string of the molecule is CC(C)(C)n1cc(CNc2cccc3ccncc23)nn1. The van der Waals surface area contributed by atoms with Gasteiger partial charge in [0.2, 0.25) is 0 Å². The van der Waals surface area contributed by atoms with Crippen LogP contribution in [-0.4, -0.2) is 20.0 Å². The molecule has 1 N–H and O–H groups in total. The molecule has 0 fully saturated rings. The van der Waals surface area contributed by atoms with Crippen LogP contribution in [0, 0.1) is 0 Å². The van der Waals surface area contributed by atoms with Crippen LogP contribution in [0.5, 0.6) is 0 Å². The van der Waals surface area contributed by atoms with Crippen LogP contribution in [0.15, 0.2) is 42.9 Å². The van der Waals surface area contributed by atoms with E-state index in [0.29, 0.717) is 6.54 Å². The van der Waals surface area contributed by atoms with Crippen molar-refractivity contribution in [1.29, 1.82) is 0 Å². The minimum Gasteiger partial charge on any atom is -0.379 e. The lowest BCUT2D eigenvalue weighted by molar-refractivity contribution is 0.347. The van der Waals surface area contributed by atoms with Gasteiger partial charge in [0.05, 0.1) is 18.3 Å². The van der Waals surface area contributed by atoms with Gasteiger partial charge in [0.15, 0.2) is 0 Å². The number of rotatable bonds is 3. The van der Waals surface area contributed by atoms with E-state index in [1.54, 1.807) is 6.20 Å². The van der Waals surface area contributed by atoms with Crippen molar-refractivity contribution in [3.63, 3.8) is 0 Å². The van der Waals surface area contributed by atoms with Crippen molar-refractivity contribution in [3.8, 4) is 0 Å². The average Bonchev–Trinajstić information content (AvgIpc) is 2.94. The Balaban J connectivity index is 1.79. The number of aromatic nitrogens is 4. The molecule has 0 unspecified atom stereocenters. The maximum atomic E-state index is 4.21. The molecule has 0 bridgehead atoms. The largest absolute Gasteiger partial charge is 0.379 e. The highest BCUT2D eigenvalue weighted by Gasteiger charge is 2.14. The van der Waals surface area contributed by atoms with Crippen molar-refractivity contribution < 1.29 is 0 Å². The first kappa shape index (κ1) is 13.5. The first-order valence-electron chi connectivity index (χ1n) is 7.02. The molecule has 0 amide bonds. The zero-order chi connectivity index (χ0) is 14.9. The molecule has 0 atom stereocenters. The number of benzene rings is 1. The molecule has 0 aliphatic carbocycles. The molecule has 3 aromatic rings. The minimum atomic E-state index is -0.0470. The van der Waals surface area contributed by atoms with E-state index in [0.717, 1.165) is 16.8 Å². The third kappa shape index (κ3) is 2.86. The Kier molecular flexibility index (Phi) is 3.33. The van der Waals surface area contributed by atoms with Gasteiger partial charge in [-0.2, -0.15) is 0 Å². The number of nitrogens with one attached hydrogen (secondary N) is 1. The van der Waals surface area contributed by atoms with Gasteiger partial charge in [0.1, 0.15) is 5.69 Å². The minimum absolute atomic E-state index is 0.0470. The third-order valence-electron chi connectivity index (χ3n) is 3.37. The Morgan fingerprint density at radius 2 is 2.05 bits per heavy atom. The highest BCUT2D eigenvalue weighted by Crippen LogP contribution is 2.22. The lowest BCUT2D eigenvalue weighted by atomic mass is 10.1. The average molecular weight is 281 g/mol. The molecule has 0 saturated heterocycles. The van der Waals surface area contributed by atoms with Crippen LogP contribution in [0.4, 0.5) is 5.69 Å². The smallest absolute Gasteiger partial charge is 0.102 e. The van der Waals surface area contributed by atoms with Crippen LogP contribution < -0.4 is 5.32 Å². The fraction of sp³-hybridized carbons (Fsp3) is 0.312. The summed E-state index contributed by atoms with van der Waals surface area (Å²) in [6.07, 6.45) is 5.67. The fourth-order valence-corrected chi connectivity index (χ4v) is 2.16. The molecule has 0 aliphatic rings. The summed E-state index contributed by atoms with van der Waals surface area (Å²) in [5, 5.41) is 14.1. The Morgan fingerprint density at radius 3 is 2.81 bits per heavy atom.